The number of carbonyl (C=O) groups excluding carboxylic acids is 1. The highest BCUT2D eigenvalue weighted by Gasteiger charge is 2.22. The Labute approximate surface area is 139 Å². The van der Waals surface area contributed by atoms with E-state index in [-0.39, 0.29) is 5.91 Å². The van der Waals surface area contributed by atoms with E-state index in [9.17, 15) is 4.79 Å². The van der Waals surface area contributed by atoms with E-state index in [1.807, 2.05) is 4.90 Å². The number of piperidine rings is 1. The van der Waals surface area contributed by atoms with Gasteiger partial charge >= 0.3 is 0 Å². The maximum Gasteiger partial charge on any atom is 0.226 e. The minimum absolute atomic E-state index is 0.264. The van der Waals surface area contributed by atoms with Crippen molar-refractivity contribution in [3.63, 3.8) is 0 Å². The molecule has 2 rings (SSSR count). The fraction of sp³-hybridized carbons (Fsp3) is 0.824. The highest BCUT2D eigenvalue weighted by atomic mass is 16.5. The van der Waals surface area contributed by atoms with Gasteiger partial charge in [-0.15, -0.1) is 0 Å². The second-order valence-electron chi connectivity index (χ2n) is 6.34. The third-order valence-corrected chi connectivity index (χ3v) is 4.42. The molecule has 0 atom stereocenters. The smallest absolute Gasteiger partial charge is 0.226 e. The molecule has 130 valence electrons. The Morgan fingerprint density at radius 2 is 2.09 bits per heavy atom. The van der Waals surface area contributed by atoms with Crippen molar-refractivity contribution in [1.29, 1.82) is 0 Å². The number of hydrogen-bond acceptors (Lipinski definition) is 5. The van der Waals surface area contributed by atoms with Crippen molar-refractivity contribution in [2.24, 2.45) is 5.92 Å². The first kappa shape index (κ1) is 17.9. The maximum absolute atomic E-state index is 12.3. The molecule has 1 aliphatic heterocycles. The largest absolute Gasteiger partial charge is 0.343 e. The summed E-state index contributed by atoms with van der Waals surface area (Å²) in [4.78, 5) is 18.6. The molecule has 1 saturated heterocycles. The van der Waals surface area contributed by atoms with Gasteiger partial charge in [0.15, 0.2) is 5.82 Å². The van der Waals surface area contributed by atoms with Gasteiger partial charge in [-0.05, 0) is 44.7 Å². The fourth-order valence-electron chi connectivity index (χ4n) is 3.00. The van der Waals surface area contributed by atoms with Crippen LogP contribution in [0, 0.1) is 5.92 Å². The molecule has 0 unspecified atom stereocenters. The van der Waals surface area contributed by atoms with Crippen LogP contribution in [0.25, 0.3) is 0 Å². The predicted molar refractivity (Wildman–Crippen MR) is 89.1 cm³/mol. The zero-order valence-corrected chi connectivity index (χ0v) is 14.5. The monoisotopic (exact) mass is 322 g/mol. The fourth-order valence-corrected chi connectivity index (χ4v) is 3.00. The van der Waals surface area contributed by atoms with Crippen molar-refractivity contribution in [2.75, 3.05) is 26.2 Å². The number of rotatable bonds is 9. The summed E-state index contributed by atoms with van der Waals surface area (Å²) in [6, 6.07) is 0. The van der Waals surface area contributed by atoms with Gasteiger partial charge in [-0.2, -0.15) is 4.98 Å². The average Bonchev–Trinajstić information content (AvgIpc) is 3.01. The summed E-state index contributed by atoms with van der Waals surface area (Å²) in [5, 5.41) is 7.34. The summed E-state index contributed by atoms with van der Waals surface area (Å²) in [5.41, 5.74) is 0. The SMILES string of the molecule is CCCc1noc(CCCC(=O)N2CCC(CNCC)CC2)n1. The summed E-state index contributed by atoms with van der Waals surface area (Å²) in [6.07, 6.45) is 6.14. The molecule has 1 amide bonds. The maximum atomic E-state index is 12.3. The van der Waals surface area contributed by atoms with Crippen molar-refractivity contribution in [1.82, 2.24) is 20.4 Å². The molecule has 0 aromatic carbocycles. The van der Waals surface area contributed by atoms with E-state index in [0.717, 1.165) is 70.0 Å². The number of carbonyl (C=O) groups is 1. The molecular weight excluding hydrogens is 292 g/mol. The Hall–Kier alpha value is -1.43. The summed E-state index contributed by atoms with van der Waals surface area (Å²) in [7, 11) is 0. The number of aromatic nitrogens is 2. The van der Waals surface area contributed by atoms with Crippen LogP contribution >= 0.6 is 0 Å². The molecule has 0 aliphatic carbocycles. The lowest BCUT2D eigenvalue weighted by atomic mass is 9.96. The van der Waals surface area contributed by atoms with Crippen LogP contribution in [0.4, 0.5) is 0 Å². The lowest BCUT2D eigenvalue weighted by molar-refractivity contribution is -0.132. The second kappa shape index (κ2) is 9.65. The number of nitrogens with one attached hydrogen (secondary N) is 1. The van der Waals surface area contributed by atoms with Gasteiger partial charge in [0.1, 0.15) is 0 Å². The molecule has 2 heterocycles. The molecule has 0 bridgehead atoms. The Kier molecular flexibility index (Phi) is 7.52. The quantitative estimate of drug-likeness (QED) is 0.754. The number of hydrogen-bond donors (Lipinski definition) is 1. The Bertz CT molecular complexity index is 467. The van der Waals surface area contributed by atoms with E-state index in [4.69, 9.17) is 4.52 Å². The van der Waals surface area contributed by atoms with Gasteiger partial charge in [0, 0.05) is 32.4 Å². The molecular formula is C17H30N4O2. The number of aryl methyl sites for hydroxylation is 2. The first-order valence-electron chi connectivity index (χ1n) is 9.02. The zero-order valence-electron chi connectivity index (χ0n) is 14.5. The average molecular weight is 322 g/mol. The number of likely N-dealkylation sites (tertiary alicyclic amines) is 1. The molecule has 1 fully saturated rings. The van der Waals surface area contributed by atoms with Gasteiger partial charge in [-0.3, -0.25) is 4.79 Å². The molecule has 23 heavy (non-hydrogen) atoms. The van der Waals surface area contributed by atoms with E-state index in [1.165, 1.54) is 0 Å². The minimum atomic E-state index is 0.264. The van der Waals surface area contributed by atoms with E-state index < -0.39 is 0 Å². The lowest BCUT2D eigenvalue weighted by Gasteiger charge is -2.32. The summed E-state index contributed by atoms with van der Waals surface area (Å²) < 4.78 is 5.20. The van der Waals surface area contributed by atoms with Gasteiger partial charge in [0.25, 0.3) is 0 Å². The standard InChI is InChI=1S/C17H30N4O2/c1-3-6-15-19-16(23-20-15)7-5-8-17(22)21-11-9-14(10-12-21)13-18-4-2/h14,18H,3-13H2,1-2H3. The van der Waals surface area contributed by atoms with Crippen LogP contribution in [-0.4, -0.2) is 47.1 Å². The topological polar surface area (TPSA) is 71.3 Å². The van der Waals surface area contributed by atoms with Gasteiger partial charge < -0.3 is 14.7 Å². The van der Waals surface area contributed by atoms with Crippen LogP contribution < -0.4 is 5.32 Å². The minimum Gasteiger partial charge on any atom is -0.343 e. The number of amides is 1. The Morgan fingerprint density at radius 1 is 1.30 bits per heavy atom. The van der Waals surface area contributed by atoms with Crippen molar-refractivity contribution < 1.29 is 9.32 Å². The summed E-state index contributed by atoms with van der Waals surface area (Å²) >= 11 is 0. The van der Waals surface area contributed by atoms with Crippen molar-refractivity contribution in [2.45, 2.75) is 58.8 Å². The Morgan fingerprint density at radius 3 is 2.78 bits per heavy atom. The molecule has 1 aromatic rings. The normalized spacial score (nSPS) is 16.0. The highest BCUT2D eigenvalue weighted by Crippen LogP contribution is 2.17. The third-order valence-electron chi connectivity index (χ3n) is 4.42. The first-order valence-corrected chi connectivity index (χ1v) is 9.02. The van der Waals surface area contributed by atoms with Gasteiger partial charge in [0.05, 0.1) is 0 Å². The molecule has 6 nitrogen and oxygen atoms in total. The van der Waals surface area contributed by atoms with E-state index in [0.29, 0.717) is 18.7 Å². The molecule has 1 aliphatic rings. The number of nitrogens with zero attached hydrogens (tertiary/aromatic N) is 3. The van der Waals surface area contributed by atoms with Crippen LogP contribution in [0.2, 0.25) is 0 Å². The highest BCUT2D eigenvalue weighted by molar-refractivity contribution is 5.76. The van der Waals surface area contributed by atoms with Crippen molar-refractivity contribution in [3.8, 4) is 0 Å². The van der Waals surface area contributed by atoms with Gasteiger partial charge in [-0.1, -0.05) is 19.0 Å². The van der Waals surface area contributed by atoms with E-state index in [1.54, 1.807) is 0 Å². The van der Waals surface area contributed by atoms with Crippen LogP contribution in [0.15, 0.2) is 4.52 Å². The Balaban J connectivity index is 1.63. The lowest BCUT2D eigenvalue weighted by Crippen LogP contribution is -2.40. The molecule has 1 aromatic heterocycles. The summed E-state index contributed by atoms with van der Waals surface area (Å²) in [6.45, 7) is 8.13. The van der Waals surface area contributed by atoms with Crippen LogP contribution in [0.5, 0.6) is 0 Å². The first-order chi connectivity index (χ1) is 11.2. The van der Waals surface area contributed by atoms with E-state index in [2.05, 4.69) is 29.3 Å². The van der Waals surface area contributed by atoms with Crippen LogP contribution in [0.1, 0.15) is 57.7 Å². The third kappa shape index (κ3) is 5.94. The molecule has 0 radical (unpaired) electrons. The van der Waals surface area contributed by atoms with Crippen LogP contribution in [-0.2, 0) is 17.6 Å². The zero-order chi connectivity index (χ0) is 16.5. The van der Waals surface area contributed by atoms with Crippen molar-refractivity contribution >= 4 is 5.91 Å². The van der Waals surface area contributed by atoms with Gasteiger partial charge in [-0.25, -0.2) is 0 Å². The van der Waals surface area contributed by atoms with Crippen LogP contribution in [0.3, 0.4) is 0 Å². The second-order valence-corrected chi connectivity index (χ2v) is 6.34. The van der Waals surface area contributed by atoms with Crippen molar-refractivity contribution in [3.05, 3.63) is 11.7 Å². The molecule has 6 heteroatoms. The molecule has 0 saturated carbocycles. The molecule has 1 N–H and O–H groups in total. The predicted octanol–water partition coefficient (Wildman–Crippen LogP) is 2.19. The van der Waals surface area contributed by atoms with Gasteiger partial charge in [0.2, 0.25) is 11.8 Å². The summed E-state index contributed by atoms with van der Waals surface area (Å²) in [5.74, 6) is 2.41. The van der Waals surface area contributed by atoms with E-state index >= 15 is 0 Å². The molecule has 0 spiro atoms.